The maximum atomic E-state index is 13.6. The minimum atomic E-state index is -0.190. The average molecular weight is 418 g/mol. The first-order chi connectivity index (χ1) is 15.3. The van der Waals surface area contributed by atoms with Gasteiger partial charge < -0.3 is 14.4 Å². The Morgan fingerprint density at radius 2 is 1.71 bits per heavy atom. The summed E-state index contributed by atoms with van der Waals surface area (Å²) in [4.78, 5) is 15.6. The molecular weight excluding hydrogens is 390 g/mol. The molecule has 3 heterocycles. The fourth-order valence-corrected chi connectivity index (χ4v) is 4.47. The molecule has 1 amide bonds. The van der Waals surface area contributed by atoms with Gasteiger partial charge in [0.25, 0.3) is 5.91 Å². The van der Waals surface area contributed by atoms with Crippen LogP contribution in [0.3, 0.4) is 0 Å². The van der Waals surface area contributed by atoms with Gasteiger partial charge in [-0.25, -0.2) is 0 Å². The lowest BCUT2D eigenvalue weighted by atomic mass is 9.96. The normalized spacial score (nSPS) is 19.6. The van der Waals surface area contributed by atoms with Gasteiger partial charge in [-0.2, -0.15) is 5.10 Å². The van der Waals surface area contributed by atoms with Crippen LogP contribution in [-0.2, 0) is 16.0 Å². The van der Waals surface area contributed by atoms with Gasteiger partial charge in [-0.1, -0.05) is 60.7 Å². The molecule has 0 saturated carbocycles. The van der Waals surface area contributed by atoms with Gasteiger partial charge >= 0.3 is 0 Å². The minimum absolute atomic E-state index is 0.0286. The van der Waals surface area contributed by atoms with Gasteiger partial charge in [0.05, 0.1) is 25.3 Å². The van der Waals surface area contributed by atoms with Gasteiger partial charge in [0, 0.05) is 30.8 Å². The van der Waals surface area contributed by atoms with Gasteiger partial charge in [-0.05, 0) is 18.4 Å². The molecule has 2 aliphatic heterocycles. The smallest absolute Gasteiger partial charge is 0.257 e. The first-order valence-electron chi connectivity index (χ1n) is 11.0. The number of hydrogen-bond donors (Lipinski definition) is 0. The highest BCUT2D eigenvalue weighted by atomic mass is 16.7. The van der Waals surface area contributed by atoms with Crippen molar-refractivity contribution in [1.29, 1.82) is 0 Å². The molecule has 2 saturated heterocycles. The molecule has 2 fully saturated rings. The van der Waals surface area contributed by atoms with Gasteiger partial charge in [-0.3, -0.25) is 9.48 Å². The Morgan fingerprint density at radius 1 is 1.00 bits per heavy atom. The van der Waals surface area contributed by atoms with Crippen molar-refractivity contribution in [3.63, 3.8) is 0 Å². The summed E-state index contributed by atoms with van der Waals surface area (Å²) in [5.74, 6) is 0.251. The molecule has 0 radical (unpaired) electrons. The quantitative estimate of drug-likeness (QED) is 0.633. The van der Waals surface area contributed by atoms with Crippen molar-refractivity contribution in [2.75, 3.05) is 26.3 Å². The number of aromatic nitrogens is 2. The Hall–Kier alpha value is -2.96. The van der Waals surface area contributed by atoms with E-state index in [9.17, 15) is 4.79 Å². The number of hydrogen-bond acceptors (Lipinski definition) is 4. The zero-order chi connectivity index (χ0) is 21.0. The molecular formula is C25H27N3O3. The second-order valence-corrected chi connectivity index (χ2v) is 8.20. The maximum Gasteiger partial charge on any atom is 0.257 e. The molecule has 5 rings (SSSR count). The third-order valence-corrected chi connectivity index (χ3v) is 6.00. The summed E-state index contributed by atoms with van der Waals surface area (Å²) in [6.07, 6.45) is 3.68. The number of nitrogens with zero attached hydrogens (tertiary/aromatic N) is 3. The Morgan fingerprint density at radius 3 is 2.45 bits per heavy atom. The molecule has 6 nitrogen and oxygen atoms in total. The number of piperidine rings is 1. The van der Waals surface area contributed by atoms with E-state index in [0.717, 1.165) is 36.2 Å². The van der Waals surface area contributed by atoms with Crippen LogP contribution in [-0.4, -0.2) is 53.2 Å². The summed E-state index contributed by atoms with van der Waals surface area (Å²) < 4.78 is 13.3. The van der Waals surface area contributed by atoms with Gasteiger partial charge in [0.15, 0.2) is 6.29 Å². The lowest BCUT2D eigenvalue weighted by Gasteiger charge is -2.34. The summed E-state index contributed by atoms with van der Waals surface area (Å²) >= 11 is 0. The van der Waals surface area contributed by atoms with Gasteiger partial charge in [-0.15, -0.1) is 0 Å². The Balaban J connectivity index is 1.43. The summed E-state index contributed by atoms with van der Waals surface area (Å²) in [6, 6.07) is 20.1. The van der Waals surface area contributed by atoms with Crippen LogP contribution in [0.5, 0.6) is 0 Å². The van der Waals surface area contributed by atoms with E-state index in [-0.39, 0.29) is 18.1 Å². The molecule has 31 heavy (non-hydrogen) atoms. The number of ether oxygens (including phenoxy) is 2. The molecule has 1 aromatic heterocycles. The van der Waals surface area contributed by atoms with Crippen molar-refractivity contribution in [2.24, 2.45) is 5.92 Å². The van der Waals surface area contributed by atoms with E-state index in [2.05, 4.69) is 12.1 Å². The first-order valence-corrected chi connectivity index (χ1v) is 11.0. The lowest BCUT2D eigenvalue weighted by molar-refractivity contribution is -0.0969. The van der Waals surface area contributed by atoms with E-state index in [1.807, 2.05) is 64.3 Å². The summed E-state index contributed by atoms with van der Waals surface area (Å²) in [5.41, 5.74) is 3.49. The van der Waals surface area contributed by atoms with E-state index in [4.69, 9.17) is 14.6 Å². The number of rotatable bonds is 5. The predicted octanol–water partition coefficient (Wildman–Crippen LogP) is 3.82. The third kappa shape index (κ3) is 4.40. The highest BCUT2D eigenvalue weighted by Crippen LogP contribution is 2.28. The topological polar surface area (TPSA) is 56.6 Å². The second kappa shape index (κ2) is 9.04. The lowest BCUT2D eigenvalue weighted by Crippen LogP contribution is -2.43. The van der Waals surface area contributed by atoms with Crippen LogP contribution in [0.25, 0.3) is 11.3 Å². The van der Waals surface area contributed by atoms with Crippen molar-refractivity contribution < 1.29 is 14.3 Å². The number of carbonyl (C=O) groups excluding carboxylic acids is 1. The molecule has 0 bridgehead atoms. The minimum Gasteiger partial charge on any atom is -0.350 e. The molecule has 1 unspecified atom stereocenters. The van der Waals surface area contributed by atoms with Crippen molar-refractivity contribution in [2.45, 2.75) is 25.7 Å². The second-order valence-electron chi connectivity index (χ2n) is 8.20. The van der Waals surface area contributed by atoms with Gasteiger partial charge in [0.2, 0.25) is 0 Å². The standard InChI is InChI=1S/C25H27N3O3/c29-24(27-13-7-12-21(17-27)25-30-14-15-31-25)22-18-28(16-19-8-3-1-4-9-19)26-23(22)20-10-5-2-6-11-20/h1-6,8-11,18,21,25H,7,12-17H2. The van der Waals surface area contributed by atoms with Crippen LogP contribution in [0, 0.1) is 5.92 Å². The zero-order valence-corrected chi connectivity index (χ0v) is 17.5. The zero-order valence-electron chi connectivity index (χ0n) is 17.5. The Kier molecular flexibility index (Phi) is 5.82. The number of benzene rings is 2. The maximum absolute atomic E-state index is 13.6. The van der Waals surface area contributed by atoms with E-state index < -0.39 is 0 Å². The van der Waals surface area contributed by atoms with E-state index in [1.165, 1.54) is 0 Å². The Bertz CT molecular complexity index is 1010. The third-order valence-electron chi connectivity index (χ3n) is 6.00. The molecule has 1 atom stereocenters. The Labute approximate surface area is 182 Å². The first kappa shape index (κ1) is 20.0. The highest BCUT2D eigenvalue weighted by Gasteiger charge is 2.34. The molecule has 0 aliphatic carbocycles. The monoisotopic (exact) mass is 417 g/mol. The summed E-state index contributed by atoms with van der Waals surface area (Å²) in [6.45, 7) is 3.31. The van der Waals surface area contributed by atoms with E-state index in [0.29, 0.717) is 31.9 Å². The number of amides is 1. The van der Waals surface area contributed by atoms with Crippen molar-refractivity contribution in [3.05, 3.63) is 78.0 Å². The van der Waals surface area contributed by atoms with Crippen molar-refractivity contribution >= 4 is 5.91 Å². The van der Waals surface area contributed by atoms with E-state index >= 15 is 0 Å². The van der Waals surface area contributed by atoms with Crippen LogP contribution in [0.15, 0.2) is 66.9 Å². The van der Waals surface area contributed by atoms with E-state index in [1.54, 1.807) is 0 Å². The number of carbonyl (C=O) groups is 1. The van der Waals surface area contributed by atoms with Crippen molar-refractivity contribution in [3.8, 4) is 11.3 Å². The van der Waals surface area contributed by atoms with Crippen LogP contribution in [0.4, 0.5) is 0 Å². The van der Waals surface area contributed by atoms with Gasteiger partial charge in [0.1, 0.15) is 5.69 Å². The molecule has 2 aliphatic rings. The summed E-state index contributed by atoms with van der Waals surface area (Å²) in [7, 11) is 0. The number of likely N-dealkylation sites (tertiary alicyclic amines) is 1. The average Bonchev–Trinajstić information content (AvgIpc) is 3.51. The predicted molar refractivity (Wildman–Crippen MR) is 118 cm³/mol. The fourth-order valence-electron chi connectivity index (χ4n) is 4.47. The SMILES string of the molecule is O=C(c1cn(Cc2ccccc2)nc1-c1ccccc1)N1CCCC(C2OCCO2)C1. The van der Waals surface area contributed by atoms with Crippen LogP contribution in [0.2, 0.25) is 0 Å². The molecule has 3 aromatic rings. The van der Waals surface area contributed by atoms with Crippen LogP contribution >= 0.6 is 0 Å². The van der Waals surface area contributed by atoms with Crippen molar-refractivity contribution in [1.82, 2.24) is 14.7 Å². The molecule has 0 spiro atoms. The fraction of sp³-hybridized carbons (Fsp3) is 0.360. The molecule has 160 valence electrons. The molecule has 2 aromatic carbocycles. The van der Waals surface area contributed by atoms with Crippen LogP contribution < -0.4 is 0 Å². The largest absolute Gasteiger partial charge is 0.350 e. The molecule has 6 heteroatoms. The van der Waals surface area contributed by atoms with Crippen LogP contribution in [0.1, 0.15) is 28.8 Å². The summed E-state index contributed by atoms with van der Waals surface area (Å²) in [5, 5.41) is 4.81. The molecule has 0 N–H and O–H groups in total. The highest BCUT2D eigenvalue weighted by molar-refractivity contribution is 5.99.